The molecule has 0 saturated heterocycles. The number of carboxylic acid groups (broad SMARTS) is 2. The third-order valence-corrected chi connectivity index (χ3v) is 8.32. The molecule has 0 unspecified atom stereocenters. The summed E-state index contributed by atoms with van der Waals surface area (Å²) >= 11 is 0. The van der Waals surface area contributed by atoms with Gasteiger partial charge in [-0.2, -0.15) is 0 Å². The smallest absolute Gasteiger partial charge is 0.550 e. The molecule has 52 heavy (non-hydrogen) atoms. The van der Waals surface area contributed by atoms with Crippen LogP contribution in [-0.4, -0.2) is 47.9 Å². The largest absolute Gasteiger partial charge is 1.00 e. The Morgan fingerprint density at radius 1 is 0.423 bits per heavy atom. The van der Waals surface area contributed by atoms with E-state index in [-0.39, 0.29) is 141 Å². The average Bonchev–Trinajstić information content (AvgIpc) is 3.07. The van der Waals surface area contributed by atoms with Gasteiger partial charge in [0.25, 0.3) is 0 Å². The molecule has 0 aliphatic carbocycles. The first kappa shape index (κ1) is 59.1. The number of carbonyl (C=O) groups is 6. The van der Waals surface area contributed by atoms with E-state index in [0.717, 1.165) is 25.7 Å². The van der Waals surface area contributed by atoms with Crippen molar-refractivity contribution in [2.45, 2.75) is 206 Å². The first-order valence-corrected chi connectivity index (χ1v) is 19.3. The van der Waals surface area contributed by atoms with E-state index in [1.807, 2.05) is 0 Å². The zero-order valence-electron chi connectivity index (χ0n) is 33.2. The molecule has 0 spiro atoms. The monoisotopic (exact) mass is 790 g/mol. The molecule has 2 atom stereocenters. The van der Waals surface area contributed by atoms with Gasteiger partial charge in [0, 0.05) is 24.8 Å². The Hall–Kier alpha value is 0.413. The molecule has 0 fully saturated rings. The standard InChI is InChI=1S/2C19H35NO5.2K/c2*1-2-3-4-5-6-7-8-9-10-11-12-13-18(23)25-19(24)16(20)14-15-17(21)22;;/h2*16H,2-15,20H2,1H3,(H,21,22);;/q;;2*+1/p-2/t2*16-;;/m00../s1. The molecule has 0 amide bonds. The van der Waals surface area contributed by atoms with Crippen LogP contribution in [0.15, 0.2) is 0 Å². The van der Waals surface area contributed by atoms with Crippen molar-refractivity contribution in [2.75, 3.05) is 0 Å². The second-order valence-corrected chi connectivity index (χ2v) is 13.2. The van der Waals surface area contributed by atoms with Gasteiger partial charge in [-0.3, -0.25) is 9.59 Å². The molecule has 0 aliphatic rings. The Morgan fingerprint density at radius 2 is 0.654 bits per heavy atom. The Balaban J connectivity index is -0.000000427. The topological polar surface area (TPSA) is 219 Å². The van der Waals surface area contributed by atoms with Gasteiger partial charge in [0.2, 0.25) is 0 Å². The maximum Gasteiger partial charge on any atom is 1.00 e. The van der Waals surface area contributed by atoms with E-state index >= 15 is 0 Å². The van der Waals surface area contributed by atoms with Crippen molar-refractivity contribution in [3.8, 4) is 0 Å². The van der Waals surface area contributed by atoms with Crippen molar-refractivity contribution in [1.29, 1.82) is 0 Å². The molecule has 0 aliphatic heterocycles. The summed E-state index contributed by atoms with van der Waals surface area (Å²) in [6.07, 6.45) is 25.6. The maximum absolute atomic E-state index is 11.5. The number of aliphatic carboxylic acids is 2. The van der Waals surface area contributed by atoms with Crippen LogP contribution in [0.1, 0.15) is 194 Å². The predicted octanol–water partition coefficient (Wildman–Crippen LogP) is -0.763. The molecule has 14 heteroatoms. The molecule has 0 heterocycles. The number of esters is 4. The van der Waals surface area contributed by atoms with Crippen LogP contribution in [0.3, 0.4) is 0 Å². The van der Waals surface area contributed by atoms with Crippen molar-refractivity contribution in [3.63, 3.8) is 0 Å². The Labute approximate surface area is 399 Å². The van der Waals surface area contributed by atoms with E-state index in [9.17, 15) is 39.0 Å². The zero-order valence-corrected chi connectivity index (χ0v) is 39.4. The van der Waals surface area contributed by atoms with Crippen LogP contribution in [0.2, 0.25) is 0 Å². The van der Waals surface area contributed by atoms with Crippen molar-refractivity contribution in [1.82, 2.24) is 0 Å². The maximum atomic E-state index is 11.5. The van der Waals surface area contributed by atoms with E-state index < -0.39 is 47.9 Å². The summed E-state index contributed by atoms with van der Waals surface area (Å²) in [5.74, 6) is -5.48. The van der Waals surface area contributed by atoms with E-state index in [4.69, 9.17) is 11.5 Å². The number of hydrogen-bond donors (Lipinski definition) is 2. The third-order valence-electron chi connectivity index (χ3n) is 8.32. The molecule has 0 bridgehead atoms. The molecule has 292 valence electrons. The van der Waals surface area contributed by atoms with Gasteiger partial charge in [-0.15, -0.1) is 0 Å². The predicted molar refractivity (Wildman–Crippen MR) is 189 cm³/mol. The minimum absolute atomic E-state index is 0. The fraction of sp³-hybridized carbons (Fsp3) is 0.842. The van der Waals surface area contributed by atoms with Crippen LogP contribution in [-0.2, 0) is 38.2 Å². The minimum Gasteiger partial charge on any atom is -0.550 e. The van der Waals surface area contributed by atoms with Gasteiger partial charge in [0.1, 0.15) is 12.1 Å². The Morgan fingerprint density at radius 3 is 0.885 bits per heavy atom. The molecule has 0 aromatic rings. The SMILES string of the molecule is CCCCCCCCCCCCCC(=O)OC(=O)[C@@H](N)CCC(=O)[O-].CCCCCCCCCCCCCC(=O)OC(=O)[C@@H](N)CCC(=O)[O-].[K+].[K+]. The molecule has 12 nitrogen and oxygen atoms in total. The van der Waals surface area contributed by atoms with E-state index in [0.29, 0.717) is 12.8 Å². The van der Waals surface area contributed by atoms with Crippen molar-refractivity contribution in [2.24, 2.45) is 11.5 Å². The van der Waals surface area contributed by atoms with Crippen molar-refractivity contribution < 1.29 is 151 Å². The molecule has 0 aromatic carbocycles. The number of carbonyl (C=O) groups excluding carboxylic acids is 6. The average molecular weight is 791 g/mol. The summed E-state index contributed by atoms with van der Waals surface area (Å²) in [6, 6.07) is -2.20. The van der Waals surface area contributed by atoms with E-state index in [1.165, 1.54) is 103 Å². The van der Waals surface area contributed by atoms with Crippen LogP contribution in [0, 0.1) is 0 Å². The number of ether oxygens (including phenoxy) is 2. The van der Waals surface area contributed by atoms with Gasteiger partial charge in [-0.05, 0) is 38.5 Å². The van der Waals surface area contributed by atoms with Gasteiger partial charge in [-0.25, -0.2) is 9.59 Å². The molecule has 0 radical (unpaired) electrons. The molecule has 4 N–H and O–H groups in total. The summed E-state index contributed by atoms with van der Waals surface area (Å²) in [6.45, 7) is 4.44. The Kier molecular flexibility index (Phi) is 50.2. The molecule has 0 rings (SSSR count). The number of nitrogens with two attached hydrogens (primary N) is 2. The second kappa shape index (κ2) is 44.1. The Bertz CT molecular complexity index is 852. The van der Waals surface area contributed by atoms with Gasteiger partial charge < -0.3 is 40.7 Å². The van der Waals surface area contributed by atoms with Gasteiger partial charge in [0.05, 0.1) is 0 Å². The van der Waals surface area contributed by atoms with Gasteiger partial charge in [-0.1, -0.05) is 142 Å². The van der Waals surface area contributed by atoms with E-state index in [2.05, 4.69) is 23.3 Å². The quantitative estimate of drug-likeness (QED) is 0.0372. The van der Waals surface area contributed by atoms with Crippen LogP contribution in [0.4, 0.5) is 0 Å². The van der Waals surface area contributed by atoms with Crippen LogP contribution >= 0.6 is 0 Å². The van der Waals surface area contributed by atoms with Crippen LogP contribution in [0.5, 0.6) is 0 Å². The fourth-order valence-electron chi connectivity index (χ4n) is 5.13. The number of carboxylic acids is 2. The first-order chi connectivity index (χ1) is 23.9. The fourth-order valence-corrected chi connectivity index (χ4v) is 5.13. The second-order valence-electron chi connectivity index (χ2n) is 13.2. The molecule has 0 saturated carbocycles. The van der Waals surface area contributed by atoms with Gasteiger partial charge >= 0.3 is 127 Å². The van der Waals surface area contributed by atoms with E-state index in [1.54, 1.807) is 0 Å². The summed E-state index contributed by atoms with van der Waals surface area (Å²) < 4.78 is 9.24. The summed E-state index contributed by atoms with van der Waals surface area (Å²) in [7, 11) is 0. The van der Waals surface area contributed by atoms with Gasteiger partial charge in [0.15, 0.2) is 0 Å². The number of unbranched alkanes of at least 4 members (excludes halogenated alkanes) is 20. The first-order valence-electron chi connectivity index (χ1n) is 19.3. The van der Waals surface area contributed by atoms with Crippen LogP contribution < -0.4 is 124 Å². The van der Waals surface area contributed by atoms with Crippen molar-refractivity contribution in [3.05, 3.63) is 0 Å². The molecular formula is C38H68K2N2O10. The summed E-state index contributed by atoms with van der Waals surface area (Å²) in [4.78, 5) is 66.6. The minimum atomic E-state index is -1.28. The summed E-state index contributed by atoms with van der Waals surface area (Å²) in [5, 5.41) is 20.6. The summed E-state index contributed by atoms with van der Waals surface area (Å²) in [5.41, 5.74) is 10.9. The number of hydrogen-bond acceptors (Lipinski definition) is 12. The molecule has 0 aromatic heterocycles. The normalized spacial score (nSPS) is 11.5. The van der Waals surface area contributed by atoms with Crippen LogP contribution in [0.25, 0.3) is 0 Å². The zero-order chi connectivity index (χ0) is 37.8. The molecular weight excluding hydrogens is 723 g/mol. The van der Waals surface area contributed by atoms with Crippen molar-refractivity contribution >= 4 is 35.8 Å². The number of rotatable bonds is 32. The third kappa shape index (κ3) is 44.8.